The number of Topliss-reactive ketones (excluding diaryl/α,β-unsaturated/α-hetero) is 1. The van der Waals surface area contributed by atoms with E-state index in [-0.39, 0.29) is 17.0 Å². The molecule has 2 heteroatoms. The fourth-order valence-corrected chi connectivity index (χ4v) is 4.14. The summed E-state index contributed by atoms with van der Waals surface area (Å²) in [5.74, 6) is 1.47. The van der Waals surface area contributed by atoms with Gasteiger partial charge in [-0.05, 0) is 38.0 Å². The van der Waals surface area contributed by atoms with Crippen LogP contribution in [0.4, 0.5) is 0 Å². The van der Waals surface area contributed by atoms with Gasteiger partial charge >= 0.3 is 0 Å². The van der Waals surface area contributed by atoms with Gasteiger partial charge in [0.15, 0.2) is 11.4 Å². The van der Waals surface area contributed by atoms with Crippen molar-refractivity contribution >= 4 is 5.78 Å². The number of ketones is 1. The van der Waals surface area contributed by atoms with E-state index in [0.717, 1.165) is 12.3 Å². The first-order chi connectivity index (χ1) is 6.36. The van der Waals surface area contributed by atoms with Gasteiger partial charge in [-0.2, -0.15) is 0 Å². The lowest BCUT2D eigenvalue weighted by atomic mass is 9.78. The Morgan fingerprint density at radius 1 is 1.36 bits per heavy atom. The fourth-order valence-electron chi connectivity index (χ4n) is 4.14. The SMILES string of the molecule is CC(=O)C12OC1(C)CCC1C2C1(C)C. The predicted molar refractivity (Wildman–Crippen MR) is 52.9 cm³/mol. The Morgan fingerprint density at radius 3 is 2.50 bits per heavy atom. The largest absolute Gasteiger partial charge is 0.354 e. The quantitative estimate of drug-likeness (QED) is 0.599. The summed E-state index contributed by atoms with van der Waals surface area (Å²) in [6.07, 6.45) is 2.31. The third kappa shape index (κ3) is 0.660. The van der Waals surface area contributed by atoms with Gasteiger partial charge in [0, 0.05) is 5.92 Å². The highest BCUT2D eigenvalue weighted by Gasteiger charge is 2.85. The molecule has 0 spiro atoms. The first-order valence-corrected chi connectivity index (χ1v) is 5.57. The average molecular weight is 194 g/mol. The smallest absolute Gasteiger partial charge is 0.164 e. The van der Waals surface area contributed by atoms with Crippen LogP contribution in [-0.2, 0) is 9.53 Å². The van der Waals surface area contributed by atoms with Crippen LogP contribution in [0.2, 0.25) is 0 Å². The first kappa shape index (κ1) is 8.90. The molecule has 0 aromatic rings. The van der Waals surface area contributed by atoms with Gasteiger partial charge < -0.3 is 4.74 Å². The van der Waals surface area contributed by atoms with Gasteiger partial charge in [-0.25, -0.2) is 0 Å². The van der Waals surface area contributed by atoms with Crippen molar-refractivity contribution in [2.45, 2.75) is 51.7 Å². The molecule has 1 aliphatic heterocycles. The van der Waals surface area contributed by atoms with E-state index in [4.69, 9.17) is 4.74 Å². The van der Waals surface area contributed by atoms with Crippen molar-refractivity contribution in [2.24, 2.45) is 17.3 Å². The minimum Gasteiger partial charge on any atom is -0.354 e. The second-order valence-corrected chi connectivity index (χ2v) is 6.07. The minimum atomic E-state index is -0.389. The molecule has 0 amide bonds. The zero-order valence-electron chi connectivity index (χ0n) is 9.39. The third-order valence-electron chi connectivity index (χ3n) is 5.07. The molecule has 0 bridgehead atoms. The van der Waals surface area contributed by atoms with Crippen LogP contribution >= 0.6 is 0 Å². The zero-order valence-corrected chi connectivity index (χ0v) is 9.39. The van der Waals surface area contributed by atoms with Gasteiger partial charge in [0.05, 0.1) is 0 Å². The summed E-state index contributed by atoms with van der Waals surface area (Å²) in [6, 6.07) is 0. The highest BCUT2D eigenvalue weighted by Crippen LogP contribution is 2.78. The lowest BCUT2D eigenvalue weighted by molar-refractivity contribution is -0.123. The van der Waals surface area contributed by atoms with E-state index in [9.17, 15) is 4.79 Å². The maximum Gasteiger partial charge on any atom is 0.164 e. The van der Waals surface area contributed by atoms with Crippen LogP contribution in [0.5, 0.6) is 0 Å². The molecule has 0 aromatic carbocycles. The van der Waals surface area contributed by atoms with Crippen LogP contribution in [0.3, 0.4) is 0 Å². The Balaban J connectivity index is 2.03. The van der Waals surface area contributed by atoms with Crippen LogP contribution in [0.15, 0.2) is 0 Å². The number of carbonyl (C=O) groups excluding carboxylic acids is 1. The molecule has 0 radical (unpaired) electrons. The van der Waals surface area contributed by atoms with E-state index in [1.54, 1.807) is 6.92 Å². The van der Waals surface area contributed by atoms with E-state index in [1.165, 1.54) is 6.42 Å². The second kappa shape index (κ2) is 1.95. The highest BCUT2D eigenvalue weighted by atomic mass is 16.6. The van der Waals surface area contributed by atoms with E-state index in [1.807, 2.05) is 0 Å². The van der Waals surface area contributed by atoms with Gasteiger partial charge in [0.1, 0.15) is 5.60 Å². The molecule has 0 aromatic heterocycles. The molecule has 78 valence electrons. The fraction of sp³-hybridized carbons (Fsp3) is 0.917. The molecule has 2 aliphatic carbocycles. The van der Waals surface area contributed by atoms with Crippen molar-refractivity contribution < 1.29 is 9.53 Å². The molecule has 4 unspecified atom stereocenters. The molecule has 3 fully saturated rings. The van der Waals surface area contributed by atoms with Gasteiger partial charge in [0.25, 0.3) is 0 Å². The Kier molecular flexibility index (Phi) is 1.24. The molecular formula is C12H18O2. The van der Waals surface area contributed by atoms with Crippen molar-refractivity contribution in [1.82, 2.24) is 0 Å². The maximum absolute atomic E-state index is 11.8. The summed E-state index contributed by atoms with van der Waals surface area (Å²) >= 11 is 0. The minimum absolute atomic E-state index is 0.117. The summed E-state index contributed by atoms with van der Waals surface area (Å²) in [4.78, 5) is 11.8. The molecule has 1 heterocycles. The zero-order chi connectivity index (χ0) is 10.4. The molecular weight excluding hydrogens is 176 g/mol. The van der Waals surface area contributed by atoms with Crippen molar-refractivity contribution in [1.29, 1.82) is 0 Å². The normalized spacial score (nSPS) is 57.1. The number of ether oxygens (including phenoxy) is 1. The topological polar surface area (TPSA) is 29.6 Å². The Hall–Kier alpha value is -0.370. The van der Waals surface area contributed by atoms with Crippen LogP contribution in [-0.4, -0.2) is 17.0 Å². The standard InChI is InChI=1S/C12H18O2/c1-7(13)12-9-8(10(9,2)3)5-6-11(12,4)14-12/h8-9H,5-6H2,1-4H3. The molecule has 0 N–H and O–H groups in total. The molecule has 14 heavy (non-hydrogen) atoms. The third-order valence-corrected chi connectivity index (χ3v) is 5.07. The van der Waals surface area contributed by atoms with Crippen LogP contribution in [0.25, 0.3) is 0 Å². The molecule has 2 nitrogen and oxygen atoms in total. The Bertz CT molecular complexity index is 333. The molecule has 2 saturated carbocycles. The van der Waals surface area contributed by atoms with E-state index in [2.05, 4.69) is 20.8 Å². The predicted octanol–water partition coefficient (Wildman–Crippen LogP) is 2.17. The number of hydrogen-bond donors (Lipinski definition) is 0. The number of epoxide rings is 1. The monoisotopic (exact) mass is 194 g/mol. The van der Waals surface area contributed by atoms with Crippen molar-refractivity contribution in [3.63, 3.8) is 0 Å². The number of fused-ring (bicyclic) bond motifs is 3. The van der Waals surface area contributed by atoms with Crippen molar-refractivity contribution in [3.05, 3.63) is 0 Å². The van der Waals surface area contributed by atoms with Gasteiger partial charge in [-0.1, -0.05) is 13.8 Å². The van der Waals surface area contributed by atoms with E-state index in [0.29, 0.717) is 11.3 Å². The van der Waals surface area contributed by atoms with Crippen LogP contribution < -0.4 is 0 Å². The van der Waals surface area contributed by atoms with Crippen LogP contribution in [0, 0.1) is 17.3 Å². The van der Waals surface area contributed by atoms with Gasteiger partial charge in [-0.3, -0.25) is 4.79 Å². The molecule has 4 atom stereocenters. The van der Waals surface area contributed by atoms with Crippen LogP contribution in [0.1, 0.15) is 40.5 Å². The number of hydrogen-bond acceptors (Lipinski definition) is 2. The lowest BCUT2D eigenvalue weighted by Crippen LogP contribution is -2.37. The van der Waals surface area contributed by atoms with E-state index < -0.39 is 0 Å². The summed E-state index contributed by atoms with van der Waals surface area (Å²) in [5.41, 5.74) is -0.173. The second-order valence-electron chi connectivity index (χ2n) is 6.07. The van der Waals surface area contributed by atoms with Crippen molar-refractivity contribution in [2.75, 3.05) is 0 Å². The van der Waals surface area contributed by atoms with E-state index >= 15 is 0 Å². The molecule has 3 aliphatic rings. The molecule has 1 saturated heterocycles. The first-order valence-electron chi connectivity index (χ1n) is 5.57. The number of carbonyl (C=O) groups is 1. The van der Waals surface area contributed by atoms with Crippen molar-refractivity contribution in [3.8, 4) is 0 Å². The average Bonchev–Trinajstić information content (AvgIpc) is 2.84. The summed E-state index contributed by atoms with van der Waals surface area (Å²) in [6.45, 7) is 8.36. The summed E-state index contributed by atoms with van der Waals surface area (Å²) in [5, 5.41) is 0. The Morgan fingerprint density at radius 2 is 2.00 bits per heavy atom. The van der Waals surface area contributed by atoms with Gasteiger partial charge in [-0.15, -0.1) is 0 Å². The van der Waals surface area contributed by atoms with Gasteiger partial charge in [0.2, 0.25) is 0 Å². The molecule has 3 rings (SSSR count). The summed E-state index contributed by atoms with van der Waals surface area (Å²) in [7, 11) is 0. The highest BCUT2D eigenvalue weighted by molar-refractivity contribution is 5.91. The number of rotatable bonds is 1. The Labute approximate surface area is 85.0 Å². The summed E-state index contributed by atoms with van der Waals surface area (Å²) < 4.78 is 5.85. The lowest BCUT2D eigenvalue weighted by Gasteiger charge is -2.19. The maximum atomic E-state index is 11.8.